The molecule has 4 aromatic rings. The predicted octanol–water partition coefficient (Wildman–Crippen LogP) is 5.25. The fraction of sp³-hybridized carbons (Fsp3) is 0.286. The van der Waals surface area contributed by atoms with Crippen LogP contribution in [0.4, 0.5) is 5.69 Å². The van der Waals surface area contributed by atoms with E-state index in [1.807, 2.05) is 80.6 Å². The number of aliphatic carboxylic acids is 1. The molecule has 0 unspecified atom stereocenters. The van der Waals surface area contributed by atoms with Gasteiger partial charge in [-0.3, -0.25) is 4.79 Å². The third-order valence-electron chi connectivity index (χ3n) is 7.54. The van der Waals surface area contributed by atoms with Gasteiger partial charge in [0.05, 0.1) is 18.2 Å². The largest absolute Gasteiger partial charge is 0.492 e. The molecule has 9 nitrogen and oxygen atoms in total. The van der Waals surface area contributed by atoms with E-state index in [-0.39, 0.29) is 29.4 Å². The van der Waals surface area contributed by atoms with E-state index in [0.29, 0.717) is 24.5 Å². The lowest BCUT2D eigenvalue weighted by molar-refractivity contribution is -0.136. The molecule has 2 atom stereocenters. The van der Waals surface area contributed by atoms with Gasteiger partial charge in [-0.05, 0) is 72.4 Å². The first-order valence-corrected chi connectivity index (χ1v) is 16.5. The number of sulfone groups is 1. The average Bonchev–Trinajstić information content (AvgIpc) is 2.98. The number of hydrogen-bond donors (Lipinski definition) is 4. The molecule has 0 saturated carbocycles. The first kappa shape index (κ1) is 33.5. The number of carboxylic acids is 1. The van der Waals surface area contributed by atoms with Crippen molar-refractivity contribution in [3.05, 3.63) is 107 Å². The SMILES string of the molecule is Cc1cc(OCCN[C@@H](C)[C@H](O)c2ccc(OCc3ccccc3)c(S(C)(=O)=O)c2N)cc(C)c1-c1ccc(CC(=O)O)cc1. The molecule has 0 spiro atoms. The van der Waals surface area contributed by atoms with Crippen molar-refractivity contribution >= 4 is 21.5 Å². The number of aliphatic hydroxyl groups is 1. The number of rotatable bonds is 14. The lowest BCUT2D eigenvalue weighted by Gasteiger charge is -2.24. The van der Waals surface area contributed by atoms with Crippen LogP contribution in [0.2, 0.25) is 0 Å². The fourth-order valence-corrected chi connectivity index (χ4v) is 6.36. The second-order valence-electron chi connectivity index (χ2n) is 11.2. The van der Waals surface area contributed by atoms with Crippen molar-refractivity contribution < 1.29 is 32.9 Å². The van der Waals surface area contributed by atoms with Crippen LogP contribution >= 0.6 is 0 Å². The topological polar surface area (TPSA) is 148 Å². The van der Waals surface area contributed by atoms with Gasteiger partial charge in [-0.2, -0.15) is 0 Å². The number of carboxylic acid groups (broad SMARTS) is 1. The lowest BCUT2D eigenvalue weighted by Crippen LogP contribution is -2.35. The summed E-state index contributed by atoms with van der Waals surface area (Å²) in [7, 11) is -3.76. The highest BCUT2D eigenvalue weighted by atomic mass is 32.2. The summed E-state index contributed by atoms with van der Waals surface area (Å²) < 4.78 is 37.2. The monoisotopic (exact) mass is 632 g/mol. The Labute approximate surface area is 264 Å². The molecule has 0 fully saturated rings. The number of ether oxygens (including phenoxy) is 2. The predicted molar refractivity (Wildman–Crippen MR) is 175 cm³/mol. The van der Waals surface area contributed by atoms with Crippen LogP contribution in [0.25, 0.3) is 11.1 Å². The van der Waals surface area contributed by atoms with E-state index in [1.165, 1.54) is 6.07 Å². The van der Waals surface area contributed by atoms with Gasteiger partial charge in [0.25, 0.3) is 0 Å². The Morgan fingerprint density at radius 3 is 2.18 bits per heavy atom. The molecular weight excluding hydrogens is 592 g/mol. The minimum absolute atomic E-state index is 0.0137. The fourth-order valence-electron chi connectivity index (χ4n) is 5.35. The zero-order valence-electron chi connectivity index (χ0n) is 25.9. The molecule has 0 heterocycles. The van der Waals surface area contributed by atoms with Crippen molar-refractivity contribution in [2.24, 2.45) is 0 Å². The minimum Gasteiger partial charge on any atom is -0.492 e. The molecule has 0 amide bonds. The number of carbonyl (C=O) groups is 1. The normalized spacial score (nSPS) is 12.8. The second-order valence-corrected chi connectivity index (χ2v) is 13.1. The molecule has 0 aliphatic heterocycles. The van der Waals surface area contributed by atoms with E-state index >= 15 is 0 Å². The number of benzene rings is 4. The lowest BCUT2D eigenvalue weighted by atomic mass is 9.94. The van der Waals surface area contributed by atoms with Crippen LogP contribution in [0, 0.1) is 13.8 Å². The molecule has 0 aliphatic carbocycles. The highest BCUT2D eigenvalue weighted by molar-refractivity contribution is 7.91. The molecule has 0 radical (unpaired) electrons. The van der Waals surface area contributed by atoms with E-state index in [1.54, 1.807) is 13.0 Å². The van der Waals surface area contributed by atoms with Crippen LogP contribution in [0.5, 0.6) is 11.5 Å². The molecule has 45 heavy (non-hydrogen) atoms. The van der Waals surface area contributed by atoms with Gasteiger partial charge < -0.3 is 30.7 Å². The van der Waals surface area contributed by atoms with Crippen LogP contribution in [-0.2, 0) is 27.7 Å². The van der Waals surface area contributed by atoms with E-state index in [9.17, 15) is 18.3 Å². The molecule has 4 aromatic carbocycles. The molecule has 0 saturated heterocycles. The number of anilines is 1. The molecule has 0 aliphatic rings. The maximum atomic E-state index is 12.7. The molecule has 0 aromatic heterocycles. The number of hydrogen-bond acceptors (Lipinski definition) is 8. The Kier molecular flexibility index (Phi) is 10.9. The Hall–Kier alpha value is -4.38. The number of aliphatic hydroxyl groups excluding tert-OH is 1. The second kappa shape index (κ2) is 14.6. The van der Waals surface area contributed by atoms with E-state index in [2.05, 4.69) is 5.32 Å². The van der Waals surface area contributed by atoms with Crippen LogP contribution in [0.3, 0.4) is 0 Å². The van der Waals surface area contributed by atoms with Crippen molar-refractivity contribution in [2.45, 2.75) is 50.8 Å². The zero-order valence-corrected chi connectivity index (χ0v) is 26.7. The third kappa shape index (κ3) is 8.63. The molecule has 5 N–H and O–H groups in total. The maximum absolute atomic E-state index is 12.7. The summed E-state index contributed by atoms with van der Waals surface area (Å²) in [5.41, 5.74) is 12.3. The summed E-state index contributed by atoms with van der Waals surface area (Å²) in [6.07, 6.45) is -0.0309. The van der Waals surface area contributed by atoms with Crippen molar-refractivity contribution in [1.82, 2.24) is 5.32 Å². The molecule has 238 valence electrons. The van der Waals surface area contributed by atoms with Crippen LogP contribution in [0.15, 0.2) is 83.8 Å². The third-order valence-corrected chi connectivity index (χ3v) is 8.70. The Morgan fingerprint density at radius 1 is 0.933 bits per heavy atom. The van der Waals surface area contributed by atoms with Gasteiger partial charge in [-0.25, -0.2) is 8.42 Å². The highest BCUT2D eigenvalue weighted by Gasteiger charge is 2.26. The van der Waals surface area contributed by atoms with Gasteiger partial charge in [0, 0.05) is 24.4 Å². The molecule has 10 heteroatoms. The van der Waals surface area contributed by atoms with Gasteiger partial charge >= 0.3 is 5.97 Å². The summed E-state index contributed by atoms with van der Waals surface area (Å²) >= 11 is 0. The summed E-state index contributed by atoms with van der Waals surface area (Å²) in [6.45, 7) is 6.71. The summed E-state index contributed by atoms with van der Waals surface area (Å²) in [4.78, 5) is 10.8. The number of nitrogens with two attached hydrogens (primary N) is 1. The summed E-state index contributed by atoms with van der Waals surface area (Å²) in [5.74, 6) is -0.0193. The smallest absolute Gasteiger partial charge is 0.307 e. The van der Waals surface area contributed by atoms with E-state index in [0.717, 1.165) is 39.6 Å². The summed E-state index contributed by atoms with van der Waals surface area (Å²) in [5, 5.41) is 23.3. The minimum atomic E-state index is -3.76. The number of aryl methyl sites for hydroxylation is 2. The molecule has 4 rings (SSSR count). The van der Waals surface area contributed by atoms with Crippen molar-refractivity contribution in [3.8, 4) is 22.6 Å². The first-order valence-electron chi connectivity index (χ1n) is 14.6. The van der Waals surface area contributed by atoms with Crippen molar-refractivity contribution in [1.29, 1.82) is 0 Å². The van der Waals surface area contributed by atoms with Crippen molar-refractivity contribution in [2.75, 3.05) is 25.1 Å². The maximum Gasteiger partial charge on any atom is 0.307 e. The van der Waals surface area contributed by atoms with Gasteiger partial charge in [-0.15, -0.1) is 0 Å². The highest BCUT2D eigenvalue weighted by Crippen LogP contribution is 2.37. The van der Waals surface area contributed by atoms with Crippen LogP contribution < -0.4 is 20.5 Å². The quantitative estimate of drug-likeness (QED) is 0.108. The van der Waals surface area contributed by atoms with Gasteiger partial charge in [0.2, 0.25) is 0 Å². The van der Waals surface area contributed by atoms with Crippen molar-refractivity contribution in [3.63, 3.8) is 0 Å². The van der Waals surface area contributed by atoms with Gasteiger partial charge in [0.15, 0.2) is 9.84 Å². The Morgan fingerprint density at radius 2 is 1.58 bits per heavy atom. The Balaban J connectivity index is 1.37. The Bertz CT molecular complexity index is 1720. The number of nitrogen functional groups attached to an aromatic ring is 1. The van der Waals surface area contributed by atoms with E-state index in [4.69, 9.17) is 20.3 Å². The van der Waals surface area contributed by atoms with Crippen LogP contribution in [0.1, 0.15) is 40.8 Å². The summed E-state index contributed by atoms with van der Waals surface area (Å²) in [6, 6.07) is 23.5. The first-order chi connectivity index (χ1) is 21.3. The van der Waals surface area contributed by atoms with Gasteiger partial charge in [-0.1, -0.05) is 60.7 Å². The number of nitrogens with one attached hydrogen (secondary N) is 1. The van der Waals surface area contributed by atoms with Crippen LogP contribution in [-0.4, -0.2) is 50.0 Å². The standard InChI is InChI=1S/C35H40N2O7S/c1-22-18-28(19-23(2)32(22)27-12-10-25(11-13-27)20-31(38)39)43-17-16-37-24(3)34(40)29-14-15-30(35(33(29)36)45(4,41)42)44-21-26-8-6-5-7-9-26/h5-15,18-19,24,34,37,40H,16-17,20-21,36H2,1-4H3,(H,38,39)/t24-,34-/m0/s1. The molecular formula is C35H40N2O7S. The zero-order chi connectivity index (χ0) is 32.7. The average molecular weight is 633 g/mol. The molecule has 0 bridgehead atoms. The van der Waals surface area contributed by atoms with Gasteiger partial charge in [0.1, 0.15) is 29.6 Å². The van der Waals surface area contributed by atoms with E-state index < -0.39 is 28.0 Å².